The van der Waals surface area contributed by atoms with Gasteiger partial charge in [0, 0.05) is 18.2 Å². The third kappa shape index (κ3) is 2.28. The Labute approximate surface area is 87.5 Å². The van der Waals surface area contributed by atoms with Gasteiger partial charge in [-0.1, -0.05) is 0 Å². The van der Waals surface area contributed by atoms with Gasteiger partial charge in [0.25, 0.3) is 6.29 Å². The van der Waals surface area contributed by atoms with Crippen molar-refractivity contribution in [2.24, 2.45) is 0 Å². The van der Waals surface area contributed by atoms with Gasteiger partial charge in [-0.25, -0.2) is 0 Å². The number of rotatable bonds is 2. The molecule has 1 amide bonds. The van der Waals surface area contributed by atoms with Gasteiger partial charge < -0.3 is 14.8 Å². The van der Waals surface area contributed by atoms with Crippen LogP contribution >= 0.6 is 0 Å². The number of anilines is 1. The van der Waals surface area contributed by atoms with E-state index in [4.69, 9.17) is 9.47 Å². The van der Waals surface area contributed by atoms with E-state index in [0.717, 1.165) is 11.3 Å². The highest BCUT2D eigenvalue weighted by Gasteiger charge is 2.14. The second kappa shape index (κ2) is 4.04. The number of hydrogen-bond acceptors (Lipinski definition) is 3. The van der Waals surface area contributed by atoms with Crippen molar-refractivity contribution in [1.82, 2.24) is 0 Å². The third-order valence-electron chi connectivity index (χ3n) is 1.96. The summed E-state index contributed by atoms with van der Waals surface area (Å²) in [5, 5.41) is 2.69. The number of hydrogen-bond donors (Lipinski definition) is 1. The van der Waals surface area contributed by atoms with Gasteiger partial charge in [-0.15, -0.1) is 0 Å². The van der Waals surface area contributed by atoms with Crippen molar-refractivity contribution in [2.75, 3.05) is 5.32 Å². The summed E-state index contributed by atoms with van der Waals surface area (Å²) in [5.41, 5.74) is 1.67. The first-order valence-corrected chi connectivity index (χ1v) is 4.59. The fourth-order valence-electron chi connectivity index (χ4n) is 1.32. The van der Waals surface area contributed by atoms with Crippen LogP contribution in [0, 0.1) is 0 Å². The monoisotopic (exact) mass is 205 g/mol. The van der Waals surface area contributed by atoms with Crippen molar-refractivity contribution >= 4 is 11.6 Å². The molecule has 1 aromatic rings. The summed E-state index contributed by atoms with van der Waals surface area (Å²) < 4.78 is 10.3. The Balaban J connectivity index is 2.06. The zero-order valence-electron chi connectivity index (χ0n) is 8.27. The Morgan fingerprint density at radius 1 is 1.20 bits per heavy atom. The van der Waals surface area contributed by atoms with Crippen LogP contribution in [-0.2, 0) is 14.3 Å². The lowest BCUT2D eigenvalue weighted by Gasteiger charge is -2.10. The predicted molar refractivity (Wildman–Crippen MR) is 54.8 cm³/mol. The molecule has 0 spiro atoms. The van der Waals surface area contributed by atoms with Crippen LogP contribution in [0.3, 0.4) is 0 Å². The molecule has 0 fully saturated rings. The molecule has 0 atom stereocenters. The van der Waals surface area contributed by atoms with Crippen LogP contribution in [0.5, 0.6) is 0 Å². The van der Waals surface area contributed by atoms with E-state index in [2.05, 4.69) is 5.32 Å². The highest BCUT2D eigenvalue weighted by Crippen LogP contribution is 2.24. The Kier molecular flexibility index (Phi) is 2.58. The van der Waals surface area contributed by atoms with Crippen molar-refractivity contribution in [3.05, 3.63) is 42.4 Å². The molecular formula is C11H11NO3. The molecule has 0 unspecified atom stereocenters. The summed E-state index contributed by atoms with van der Waals surface area (Å²) in [7, 11) is 0. The van der Waals surface area contributed by atoms with Gasteiger partial charge in [-0.3, -0.25) is 4.79 Å². The van der Waals surface area contributed by atoms with Crippen molar-refractivity contribution in [3.63, 3.8) is 0 Å². The first-order chi connectivity index (χ1) is 7.25. The molecular weight excluding hydrogens is 194 g/mol. The molecule has 1 heterocycles. The minimum absolute atomic E-state index is 0.0854. The van der Waals surface area contributed by atoms with Gasteiger partial charge in [-0.05, 0) is 24.3 Å². The van der Waals surface area contributed by atoms with E-state index in [1.54, 1.807) is 0 Å². The van der Waals surface area contributed by atoms with Crippen LogP contribution in [-0.4, -0.2) is 5.91 Å². The van der Waals surface area contributed by atoms with Crippen molar-refractivity contribution < 1.29 is 14.3 Å². The SMILES string of the molecule is CC(=O)Nc1ccc(C2OC=CO2)cc1. The highest BCUT2D eigenvalue weighted by molar-refractivity contribution is 5.88. The van der Waals surface area contributed by atoms with E-state index in [1.807, 2.05) is 24.3 Å². The number of carbonyl (C=O) groups is 1. The lowest BCUT2D eigenvalue weighted by Crippen LogP contribution is -2.06. The maximum atomic E-state index is 10.8. The van der Waals surface area contributed by atoms with Crippen LogP contribution in [0.4, 0.5) is 5.69 Å². The number of ether oxygens (including phenoxy) is 2. The molecule has 4 heteroatoms. The van der Waals surface area contributed by atoms with E-state index >= 15 is 0 Å². The normalized spacial score (nSPS) is 14.5. The molecule has 2 rings (SSSR count). The second-order valence-electron chi connectivity index (χ2n) is 3.18. The minimum atomic E-state index is -0.364. The lowest BCUT2D eigenvalue weighted by atomic mass is 10.2. The average molecular weight is 205 g/mol. The van der Waals surface area contributed by atoms with Gasteiger partial charge in [0.15, 0.2) is 0 Å². The fourth-order valence-corrected chi connectivity index (χ4v) is 1.32. The van der Waals surface area contributed by atoms with E-state index in [-0.39, 0.29) is 12.2 Å². The van der Waals surface area contributed by atoms with Crippen LogP contribution in [0.15, 0.2) is 36.8 Å². The summed E-state index contributed by atoms with van der Waals surface area (Å²) in [6.07, 6.45) is 2.65. The summed E-state index contributed by atoms with van der Waals surface area (Å²) in [4.78, 5) is 10.8. The summed E-state index contributed by atoms with van der Waals surface area (Å²) in [6.45, 7) is 1.47. The van der Waals surface area contributed by atoms with Crippen LogP contribution in [0.25, 0.3) is 0 Å². The van der Waals surface area contributed by atoms with Crippen LogP contribution in [0.2, 0.25) is 0 Å². The Hall–Kier alpha value is -1.97. The Morgan fingerprint density at radius 2 is 1.80 bits per heavy atom. The molecule has 1 aromatic carbocycles. The Bertz CT molecular complexity index is 375. The van der Waals surface area contributed by atoms with E-state index < -0.39 is 0 Å². The van der Waals surface area contributed by atoms with Gasteiger partial charge in [-0.2, -0.15) is 0 Å². The minimum Gasteiger partial charge on any atom is -0.455 e. The molecule has 0 aliphatic carbocycles. The number of benzene rings is 1. The van der Waals surface area contributed by atoms with Crippen LogP contribution in [0.1, 0.15) is 18.8 Å². The second-order valence-corrected chi connectivity index (χ2v) is 3.18. The molecule has 78 valence electrons. The summed E-state index contributed by atoms with van der Waals surface area (Å²) in [5.74, 6) is -0.0854. The average Bonchev–Trinajstić information content (AvgIpc) is 2.71. The maximum Gasteiger partial charge on any atom is 0.266 e. The standard InChI is InChI=1S/C11H11NO3/c1-8(13)12-10-4-2-9(3-5-10)11-14-6-7-15-11/h2-7,11H,1H3,(H,12,13). The number of carbonyl (C=O) groups excluding carboxylic acids is 1. The van der Waals surface area contributed by atoms with Crippen molar-refractivity contribution in [2.45, 2.75) is 13.2 Å². The van der Waals surface area contributed by atoms with E-state index in [9.17, 15) is 4.79 Å². The first kappa shape index (κ1) is 9.58. The van der Waals surface area contributed by atoms with E-state index in [0.29, 0.717) is 0 Å². The zero-order valence-corrected chi connectivity index (χ0v) is 8.27. The zero-order chi connectivity index (χ0) is 10.7. The van der Waals surface area contributed by atoms with Gasteiger partial charge >= 0.3 is 0 Å². The quantitative estimate of drug-likeness (QED) is 0.804. The molecule has 1 N–H and O–H groups in total. The molecule has 0 saturated carbocycles. The van der Waals surface area contributed by atoms with Crippen molar-refractivity contribution in [1.29, 1.82) is 0 Å². The van der Waals surface area contributed by atoms with Crippen molar-refractivity contribution in [3.8, 4) is 0 Å². The molecule has 0 bridgehead atoms. The van der Waals surface area contributed by atoms with Gasteiger partial charge in [0.1, 0.15) is 12.5 Å². The topological polar surface area (TPSA) is 47.6 Å². The van der Waals surface area contributed by atoms with Gasteiger partial charge in [0.2, 0.25) is 5.91 Å². The van der Waals surface area contributed by atoms with Gasteiger partial charge in [0.05, 0.1) is 0 Å². The largest absolute Gasteiger partial charge is 0.455 e. The number of nitrogens with one attached hydrogen (secondary N) is 1. The summed E-state index contributed by atoms with van der Waals surface area (Å²) >= 11 is 0. The van der Waals surface area contributed by atoms with E-state index in [1.165, 1.54) is 19.4 Å². The highest BCUT2D eigenvalue weighted by atomic mass is 16.7. The molecule has 0 radical (unpaired) electrons. The fraction of sp³-hybridized carbons (Fsp3) is 0.182. The molecule has 1 aliphatic heterocycles. The molecule has 0 aromatic heterocycles. The smallest absolute Gasteiger partial charge is 0.266 e. The maximum absolute atomic E-state index is 10.8. The molecule has 0 saturated heterocycles. The predicted octanol–water partition coefficient (Wildman–Crippen LogP) is 2.16. The first-order valence-electron chi connectivity index (χ1n) is 4.59. The third-order valence-corrected chi connectivity index (χ3v) is 1.96. The lowest BCUT2D eigenvalue weighted by molar-refractivity contribution is -0.114. The molecule has 4 nitrogen and oxygen atoms in total. The Morgan fingerprint density at radius 3 is 2.33 bits per heavy atom. The molecule has 15 heavy (non-hydrogen) atoms. The number of amides is 1. The molecule has 1 aliphatic rings. The van der Waals surface area contributed by atoms with Crippen LogP contribution < -0.4 is 5.32 Å². The summed E-state index contributed by atoms with van der Waals surface area (Å²) in [6, 6.07) is 7.31.